The van der Waals surface area contributed by atoms with Crippen LogP contribution in [0, 0.1) is 0 Å². The first-order valence-corrected chi connectivity index (χ1v) is 7.78. The molecule has 5 nitrogen and oxygen atoms in total. The minimum Gasteiger partial charge on any atom is -0.444 e. The average Bonchev–Trinajstić information content (AvgIpc) is 2.86. The summed E-state index contributed by atoms with van der Waals surface area (Å²) in [6.45, 7) is 6.84. The molecule has 0 bridgehead atoms. The monoisotopic (exact) mass is 294 g/mol. The number of ether oxygens (including phenoxy) is 1. The maximum atomic E-state index is 12.8. The van der Waals surface area contributed by atoms with Crippen molar-refractivity contribution in [2.45, 2.75) is 64.0 Å². The predicted molar refractivity (Wildman–Crippen MR) is 80.9 cm³/mol. The highest BCUT2D eigenvalue weighted by molar-refractivity contribution is 5.90. The molecule has 2 aliphatic rings. The number of carbonyl (C=O) groups is 2. The van der Waals surface area contributed by atoms with Crippen LogP contribution in [-0.2, 0) is 9.53 Å². The predicted octanol–water partition coefficient (Wildman–Crippen LogP) is 2.61. The first-order chi connectivity index (χ1) is 9.82. The van der Waals surface area contributed by atoms with Crippen molar-refractivity contribution in [2.24, 2.45) is 0 Å². The van der Waals surface area contributed by atoms with Crippen molar-refractivity contribution in [3.05, 3.63) is 12.2 Å². The number of carbonyl (C=O) groups excluding carboxylic acids is 2. The summed E-state index contributed by atoms with van der Waals surface area (Å²) in [5, 5.41) is 2.87. The summed E-state index contributed by atoms with van der Waals surface area (Å²) in [5.41, 5.74) is -1.33. The molecule has 2 amide bonds. The topological polar surface area (TPSA) is 58.6 Å². The Hall–Kier alpha value is -1.52. The highest BCUT2D eigenvalue weighted by atomic mass is 16.6. The van der Waals surface area contributed by atoms with E-state index in [4.69, 9.17) is 4.74 Å². The second-order valence-corrected chi connectivity index (χ2v) is 6.93. The van der Waals surface area contributed by atoms with Crippen molar-refractivity contribution >= 4 is 12.0 Å². The number of rotatable bonds is 2. The van der Waals surface area contributed by atoms with Crippen LogP contribution in [0.5, 0.6) is 0 Å². The number of hydrogen-bond donors (Lipinski definition) is 1. The van der Waals surface area contributed by atoms with E-state index in [0.29, 0.717) is 19.4 Å². The summed E-state index contributed by atoms with van der Waals surface area (Å²) < 4.78 is 5.33. The van der Waals surface area contributed by atoms with Gasteiger partial charge in [-0.3, -0.25) is 4.79 Å². The third-order valence-electron chi connectivity index (χ3n) is 3.95. The Bertz CT molecular complexity index is 431. The van der Waals surface area contributed by atoms with E-state index in [9.17, 15) is 9.59 Å². The lowest BCUT2D eigenvalue weighted by Gasteiger charge is -2.36. The molecular formula is C16H26N2O3. The van der Waals surface area contributed by atoms with Crippen LogP contribution in [0.4, 0.5) is 4.79 Å². The molecule has 0 atom stereocenters. The number of amides is 2. The molecule has 2 rings (SSSR count). The minimum absolute atomic E-state index is 0.0372. The Kier molecular flexibility index (Phi) is 4.59. The van der Waals surface area contributed by atoms with E-state index < -0.39 is 17.2 Å². The van der Waals surface area contributed by atoms with E-state index in [-0.39, 0.29) is 5.91 Å². The molecule has 0 spiro atoms. The van der Waals surface area contributed by atoms with Crippen molar-refractivity contribution in [3.63, 3.8) is 0 Å². The number of nitrogens with one attached hydrogen (secondary N) is 1. The summed E-state index contributed by atoms with van der Waals surface area (Å²) in [7, 11) is 0. The van der Waals surface area contributed by atoms with Crippen LogP contribution >= 0.6 is 0 Å². The number of hydrogen-bond acceptors (Lipinski definition) is 3. The van der Waals surface area contributed by atoms with Gasteiger partial charge in [-0.1, -0.05) is 25.0 Å². The highest BCUT2D eigenvalue weighted by Crippen LogP contribution is 2.32. The molecular weight excluding hydrogens is 268 g/mol. The molecule has 0 radical (unpaired) electrons. The van der Waals surface area contributed by atoms with Crippen molar-refractivity contribution < 1.29 is 14.3 Å². The zero-order valence-corrected chi connectivity index (χ0v) is 13.3. The van der Waals surface area contributed by atoms with E-state index in [1.54, 1.807) is 0 Å². The van der Waals surface area contributed by atoms with Crippen LogP contribution in [0.1, 0.15) is 52.9 Å². The second-order valence-electron chi connectivity index (χ2n) is 6.93. The molecule has 1 saturated carbocycles. The van der Waals surface area contributed by atoms with Gasteiger partial charge in [-0.15, -0.1) is 0 Å². The Morgan fingerprint density at radius 3 is 2.38 bits per heavy atom. The molecule has 5 heteroatoms. The number of alkyl carbamates (subject to hydrolysis) is 1. The zero-order chi connectivity index (χ0) is 15.5. The van der Waals surface area contributed by atoms with Gasteiger partial charge in [0.15, 0.2) is 0 Å². The van der Waals surface area contributed by atoms with Gasteiger partial charge in [0.05, 0.1) is 0 Å². The summed E-state index contributed by atoms with van der Waals surface area (Å²) in [6.07, 6.45) is 7.82. The van der Waals surface area contributed by atoms with Gasteiger partial charge < -0.3 is 15.0 Å². The van der Waals surface area contributed by atoms with E-state index in [0.717, 1.165) is 25.8 Å². The fraction of sp³-hybridized carbons (Fsp3) is 0.750. The first-order valence-electron chi connectivity index (χ1n) is 7.78. The van der Waals surface area contributed by atoms with Crippen molar-refractivity contribution in [1.82, 2.24) is 10.2 Å². The standard InChI is InChI=1S/C16H26N2O3/c1-15(2,3)21-14(20)17-16(9-5-6-10-16)13(19)18-11-7-4-8-12-18/h4,7H,5-6,8-12H2,1-3H3,(H,17,20). The Morgan fingerprint density at radius 1 is 1.19 bits per heavy atom. The number of nitrogens with zero attached hydrogens (tertiary/aromatic N) is 1. The van der Waals surface area contributed by atoms with E-state index in [1.807, 2.05) is 31.7 Å². The molecule has 118 valence electrons. The molecule has 0 unspecified atom stereocenters. The molecule has 1 aliphatic carbocycles. The Labute approximate surface area is 126 Å². The van der Waals surface area contributed by atoms with Crippen LogP contribution in [0.25, 0.3) is 0 Å². The average molecular weight is 294 g/mol. The maximum absolute atomic E-state index is 12.8. The molecule has 1 aliphatic heterocycles. The normalized spacial score (nSPS) is 21.2. The summed E-state index contributed by atoms with van der Waals surface area (Å²) >= 11 is 0. The van der Waals surface area contributed by atoms with Crippen LogP contribution in [0.3, 0.4) is 0 Å². The van der Waals surface area contributed by atoms with Crippen LogP contribution in [0.15, 0.2) is 12.2 Å². The van der Waals surface area contributed by atoms with E-state index in [2.05, 4.69) is 11.4 Å². The van der Waals surface area contributed by atoms with Gasteiger partial charge in [-0.25, -0.2) is 4.79 Å². The maximum Gasteiger partial charge on any atom is 0.408 e. The van der Waals surface area contributed by atoms with Crippen molar-refractivity contribution in [2.75, 3.05) is 13.1 Å². The van der Waals surface area contributed by atoms with Gasteiger partial charge in [-0.2, -0.15) is 0 Å². The summed E-state index contributed by atoms with van der Waals surface area (Å²) in [4.78, 5) is 26.8. The molecule has 21 heavy (non-hydrogen) atoms. The van der Waals surface area contributed by atoms with Gasteiger partial charge in [0.1, 0.15) is 11.1 Å². The van der Waals surface area contributed by atoms with Crippen LogP contribution < -0.4 is 5.32 Å². The Balaban J connectivity index is 2.07. The van der Waals surface area contributed by atoms with E-state index >= 15 is 0 Å². The molecule has 1 N–H and O–H groups in total. The SMILES string of the molecule is CC(C)(C)OC(=O)NC1(C(=O)N2CC=CCC2)CCCC1. The fourth-order valence-electron chi connectivity index (χ4n) is 3.00. The molecule has 0 saturated heterocycles. The summed E-state index contributed by atoms with van der Waals surface area (Å²) in [5.74, 6) is 0.0372. The smallest absolute Gasteiger partial charge is 0.408 e. The van der Waals surface area contributed by atoms with Gasteiger partial charge in [-0.05, 0) is 40.0 Å². The molecule has 0 aromatic rings. The van der Waals surface area contributed by atoms with Gasteiger partial charge >= 0.3 is 6.09 Å². The van der Waals surface area contributed by atoms with Gasteiger partial charge in [0.2, 0.25) is 5.91 Å². The fourth-order valence-corrected chi connectivity index (χ4v) is 3.00. The largest absolute Gasteiger partial charge is 0.444 e. The third kappa shape index (κ3) is 3.99. The van der Waals surface area contributed by atoms with Crippen LogP contribution in [-0.4, -0.2) is 41.1 Å². The zero-order valence-electron chi connectivity index (χ0n) is 13.3. The molecule has 1 fully saturated rings. The van der Waals surface area contributed by atoms with Gasteiger partial charge in [0.25, 0.3) is 0 Å². The molecule has 1 heterocycles. The molecule has 0 aromatic heterocycles. The highest BCUT2D eigenvalue weighted by Gasteiger charge is 2.45. The van der Waals surface area contributed by atoms with Crippen LogP contribution in [0.2, 0.25) is 0 Å². The quantitative estimate of drug-likeness (QED) is 0.796. The van der Waals surface area contributed by atoms with Crippen molar-refractivity contribution in [3.8, 4) is 0 Å². The Morgan fingerprint density at radius 2 is 1.86 bits per heavy atom. The minimum atomic E-state index is -0.770. The first kappa shape index (κ1) is 15.9. The molecule has 0 aromatic carbocycles. The lowest BCUT2D eigenvalue weighted by atomic mass is 9.95. The third-order valence-corrected chi connectivity index (χ3v) is 3.95. The van der Waals surface area contributed by atoms with Gasteiger partial charge in [0, 0.05) is 13.1 Å². The van der Waals surface area contributed by atoms with E-state index in [1.165, 1.54) is 0 Å². The second kappa shape index (κ2) is 6.08. The van der Waals surface area contributed by atoms with Crippen molar-refractivity contribution in [1.29, 1.82) is 0 Å². The lowest BCUT2D eigenvalue weighted by Crippen LogP contribution is -2.59. The summed E-state index contributed by atoms with van der Waals surface area (Å²) in [6, 6.07) is 0. The lowest BCUT2D eigenvalue weighted by molar-refractivity contribution is -0.137.